The fourth-order valence-corrected chi connectivity index (χ4v) is 1.57. The van der Waals surface area contributed by atoms with E-state index < -0.39 is 4.92 Å². The fourth-order valence-electron chi connectivity index (χ4n) is 1.25. The highest BCUT2D eigenvalue weighted by molar-refractivity contribution is 9.10. The van der Waals surface area contributed by atoms with Gasteiger partial charge in [-0.1, -0.05) is 13.8 Å². The van der Waals surface area contributed by atoms with Gasteiger partial charge in [-0.25, -0.2) is 4.98 Å². The second kappa shape index (κ2) is 7.03. The number of aromatic nitrogens is 1. The maximum atomic E-state index is 11.5. The van der Waals surface area contributed by atoms with Crippen LogP contribution in [0.3, 0.4) is 0 Å². The van der Waals surface area contributed by atoms with Gasteiger partial charge in [-0.3, -0.25) is 14.9 Å². The Labute approximate surface area is 119 Å². The van der Waals surface area contributed by atoms with Crippen molar-refractivity contribution in [3.05, 3.63) is 26.9 Å². The van der Waals surface area contributed by atoms with Gasteiger partial charge in [0.1, 0.15) is 0 Å². The third-order valence-corrected chi connectivity index (χ3v) is 2.59. The molecule has 0 spiro atoms. The summed E-state index contributed by atoms with van der Waals surface area (Å²) in [6, 6.07) is 1.33. The van der Waals surface area contributed by atoms with Crippen molar-refractivity contribution in [3.8, 4) is 0 Å². The molecule has 1 heterocycles. The number of halogens is 1. The van der Waals surface area contributed by atoms with Crippen LogP contribution in [0.25, 0.3) is 0 Å². The normalized spacial score (nSPS) is 10.3. The second-order valence-corrected chi connectivity index (χ2v) is 5.25. The van der Waals surface area contributed by atoms with Crippen LogP contribution in [0.15, 0.2) is 16.7 Å². The van der Waals surface area contributed by atoms with E-state index in [0.717, 1.165) is 0 Å². The van der Waals surface area contributed by atoms with Crippen LogP contribution >= 0.6 is 15.9 Å². The van der Waals surface area contributed by atoms with E-state index >= 15 is 0 Å². The average molecular weight is 331 g/mol. The monoisotopic (exact) mass is 330 g/mol. The molecule has 0 aliphatic heterocycles. The minimum Gasteiger partial charge on any atom is -0.355 e. The topological polar surface area (TPSA) is 97.2 Å². The smallest absolute Gasteiger partial charge is 0.312 e. The summed E-state index contributed by atoms with van der Waals surface area (Å²) >= 11 is 3.11. The second-order valence-electron chi connectivity index (χ2n) is 4.33. The molecule has 0 radical (unpaired) electrons. The lowest BCUT2D eigenvalue weighted by Gasteiger charge is -2.09. The molecule has 0 aliphatic carbocycles. The Hall–Kier alpha value is -1.70. The van der Waals surface area contributed by atoms with E-state index in [1.54, 1.807) is 0 Å². The van der Waals surface area contributed by atoms with E-state index in [9.17, 15) is 14.9 Å². The van der Waals surface area contributed by atoms with Crippen LogP contribution in [0, 0.1) is 16.0 Å². The van der Waals surface area contributed by atoms with Crippen LogP contribution in [0.5, 0.6) is 0 Å². The summed E-state index contributed by atoms with van der Waals surface area (Å²) in [4.78, 5) is 25.7. The van der Waals surface area contributed by atoms with E-state index in [1.807, 2.05) is 13.8 Å². The molecule has 0 bridgehead atoms. The molecule has 1 rings (SSSR count). The Kier molecular flexibility index (Phi) is 5.68. The molecule has 1 aromatic rings. The lowest BCUT2D eigenvalue weighted by molar-refractivity contribution is -0.384. The maximum Gasteiger partial charge on any atom is 0.312 e. The third kappa shape index (κ3) is 5.21. The number of rotatable bonds is 6. The molecule has 1 aromatic heterocycles. The first-order valence-corrected chi connectivity index (χ1v) is 6.50. The van der Waals surface area contributed by atoms with Gasteiger partial charge in [0.2, 0.25) is 11.7 Å². The quantitative estimate of drug-likeness (QED) is 0.613. The van der Waals surface area contributed by atoms with Gasteiger partial charge in [-0.2, -0.15) is 0 Å². The SMILES string of the molecule is CC(C)CNC(=O)CNc1ncc(Br)cc1[N+](=O)[O-]. The molecule has 0 atom stereocenters. The summed E-state index contributed by atoms with van der Waals surface area (Å²) < 4.78 is 0.508. The van der Waals surface area contributed by atoms with Gasteiger partial charge >= 0.3 is 5.69 Å². The Morgan fingerprint density at radius 2 is 2.26 bits per heavy atom. The van der Waals surface area contributed by atoms with Crippen molar-refractivity contribution in [2.24, 2.45) is 5.92 Å². The fraction of sp³-hybridized carbons (Fsp3) is 0.455. The number of anilines is 1. The number of amides is 1. The number of hydrogen-bond acceptors (Lipinski definition) is 5. The van der Waals surface area contributed by atoms with Gasteiger partial charge in [0.05, 0.1) is 11.5 Å². The maximum absolute atomic E-state index is 11.5. The van der Waals surface area contributed by atoms with Gasteiger partial charge in [0.15, 0.2) is 0 Å². The molecule has 104 valence electrons. The summed E-state index contributed by atoms with van der Waals surface area (Å²) in [5.41, 5.74) is -0.175. The van der Waals surface area contributed by atoms with Crippen LogP contribution in [-0.4, -0.2) is 28.9 Å². The molecule has 0 fully saturated rings. The highest BCUT2D eigenvalue weighted by Crippen LogP contribution is 2.24. The molecule has 1 amide bonds. The van der Waals surface area contributed by atoms with Crippen molar-refractivity contribution < 1.29 is 9.72 Å². The van der Waals surface area contributed by atoms with Gasteiger partial charge in [-0.05, 0) is 21.8 Å². The molecule has 19 heavy (non-hydrogen) atoms. The Morgan fingerprint density at radius 1 is 1.58 bits per heavy atom. The van der Waals surface area contributed by atoms with Gasteiger partial charge in [-0.15, -0.1) is 0 Å². The van der Waals surface area contributed by atoms with Crippen molar-refractivity contribution in [1.82, 2.24) is 10.3 Å². The summed E-state index contributed by atoms with van der Waals surface area (Å²) in [6.07, 6.45) is 1.43. The Morgan fingerprint density at radius 3 is 2.84 bits per heavy atom. The van der Waals surface area contributed by atoms with Crippen molar-refractivity contribution in [1.29, 1.82) is 0 Å². The summed E-state index contributed by atoms with van der Waals surface area (Å²) in [7, 11) is 0. The Bertz CT molecular complexity index is 479. The number of pyridine rings is 1. The highest BCUT2D eigenvalue weighted by atomic mass is 79.9. The number of carbonyl (C=O) groups is 1. The minimum atomic E-state index is -0.549. The largest absolute Gasteiger partial charge is 0.355 e. The van der Waals surface area contributed by atoms with Gasteiger partial charge in [0, 0.05) is 23.3 Å². The third-order valence-electron chi connectivity index (χ3n) is 2.15. The first-order valence-electron chi connectivity index (χ1n) is 5.70. The molecule has 2 N–H and O–H groups in total. The minimum absolute atomic E-state index is 0.0534. The average Bonchev–Trinajstić information content (AvgIpc) is 2.34. The first-order chi connectivity index (χ1) is 8.90. The van der Waals surface area contributed by atoms with Crippen molar-refractivity contribution in [2.75, 3.05) is 18.4 Å². The summed E-state index contributed by atoms with van der Waals surface area (Å²) in [5.74, 6) is 0.199. The predicted octanol–water partition coefficient (Wildman–Crippen LogP) is 1.94. The van der Waals surface area contributed by atoms with Crippen molar-refractivity contribution >= 4 is 33.3 Å². The highest BCUT2D eigenvalue weighted by Gasteiger charge is 2.16. The van der Waals surface area contributed by atoms with Crippen LogP contribution in [0.1, 0.15) is 13.8 Å². The molecule has 0 aliphatic rings. The number of nitrogens with zero attached hydrogens (tertiary/aromatic N) is 2. The van der Waals surface area contributed by atoms with Crippen LogP contribution in [0.2, 0.25) is 0 Å². The molecular formula is C11H15BrN4O3. The van der Waals surface area contributed by atoms with Gasteiger partial charge in [0.25, 0.3) is 0 Å². The van der Waals surface area contributed by atoms with E-state index in [1.165, 1.54) is 12.3 Å². The molecule has 7 nitrogen and oxygen atoms in total. The molecule has 0 saturated heterocycles. The zero-order chi connectivity index (χ0) is 14.4. The zero-order valence-electron chi connectivity index (χ0n) is 10.6. The van der Waals surface area contributed by atoms with E-state index in [2.05, 4.69) is 31.5 Å². The van der Waals surface area contributed by atoms with Crippen molar-refractivity contribution in [3.63, 3.8) is 0 Å². The number of nitrogens with one attached hydrogen (secondary N) is 2. The molecule has 0 aromatic carbocycles. The van der Waals surface area contributed by atoms with Gasteiger partial charge < -0.3 is 10.6 Å². The summed E-state index contributed by atoms with van der Waals surface area (Å²) in [6.45, 7) is 4.47. The number of nitro groups is 1. The van der Waals surface area contributed by atoms with E-state index in [4.69, 9.17) is 0 Å². The predicted molar refractivity (Wildman–Crippen MR) is 74.9 cm³/mol. The van der Waals surface area contributed by atoms with E-state index in [0.29, 0.717) is 16.9 Å². The molecular weight excluding hydrogens is 316 g/mol. The standard InChI is InChI=1S/C11H15BrN4O3/c1-7(2)4-13-10(17)6-15-11-9(16(18)19)3-8(12)5-14-11/h3,5,7H,4,6H2,1-2H3,(H,13,17)(H,14,15). The van der Waals surface area contributed by atoms with E-state index in [-0.39, 0.29) is 24.0 Å². The first kappa shape index (κ1) is 15.4. The summed E-state index contributed by atoms with van der Waals surface area (Å²) in [5, 5.41) is 16.2. The lowest BCUT2D eigenvalue weighted by atomic mass is 10.2. The van der Waals surface area contributed by atoms with Crippen molar-refractivity contribution in [2.45, 2.75) is 13.8 Å². The molecule has 0 unspecified atom stereocenters. The Balaban J connectivity index is 2.62. The number of hydrogen-bond donors (Lipinski definition) is 2. The molecule has 8 heteroatoms. The van der Waals surface area contributed by atoms with Crippen LogP contribution in [-0.2, 0) is 4.79 Å². The van der Waals surface area contributed by atoms with Crippen LogP contribution in [0.4, 0.5) is 11.5 Å². The van der Waals surface area contributed by atoms with Crippen LogP contribution < -0.4 is 10.6 Å². The molecule has 0 saturated carbocycles. The lowest BCUT2D eigenvalue weighted by Crippen LogP contribution is -2.32. The number of carbonyl (C=O) groups excluding carboxylic acids is 1. The zero-order valence-corrected chi connectivity index (χ0v) is 12.2.